The third kappa shape index (κ3) is 1.62. The summed E-state index contributed by atoms with van der Waals surface area (Å²) < 4.78 is 64.4. The Bertz CT molecular complexity index is 7510. The van der Waals surface area contributed by atoms with Crippen molar-refractivity contribution < 1.29 is 57.4 Å². The molecule has 4 spiro atoms. The predicted octanol–water partition coefficient (Wildman–Crippen LogP) is 12.9. The van der Waals surface area contributed by atoms with Crippen molar-refractivity contribution in [2.45, 2.75) is 31.5 Å². The second kappa shape index (κ2) is 6.90. The second-order valence-corrected chi connectivity index (χ2v) is 35.3. The molecule has 2 fully saturated rings. The van der Waals surface area contributed by atoms with Crippen LogP contribution < -0.4 is 0 Å². The number of hydrogen-bond acceptors (Lipinski definition) is 4. The van der Waals surface area contributed by atoms with E-state index >= 15 is 18.3 Å². The zero-order valence-corrected chi connectivity index (χ0v) is 41.6. The standard InChI is InChI=1S/C62H8O12P4/c63-75(64,65)61(76(66,67)68)57-49-35-25-14-5-1-2-4-9-3(1)10-7-12(5)20(25)31-23-16(7)27-18(10)29-22(9)30-19-11(4)8-13-6(2)15(14)26-21(13)32-24-17(8)28(19)40-44-34(24)46(42(32)50(57)36(26)35)56-48-47-53-43(33(23)45(41(31)49)55(47)60(56,57)61)39(27)51-37(29)38(30)52(40)59(54(44)48)58(51,53)62(59,77(69,70)71)78(72,73)74/h(H2,63,64,65)(H2,66,67,68)(H2,69,70,71)(H2,72,73,74). The molecule has 24 aromatic rings. The van der Waals surface area contributed by atoms with Crippen LogP contribution in [0.5, 0.6) is 0 Å². The SMILES string of the molecule is O=P(O)(O)C1(P(=O)(O)O)C23c4c5c6c7c8c9c%10c%11c%12c%13c%14c(c-5c5c%15c%16c(c%17c%18c2c2c4c7c4c8c7c%10c8c%10c%11c%11c%13c(c%14%15)c%13c%16c%14c%17c%15c%18c%16c2c4c2c7c8c4c(c%162)c%15c2c%14c%13c%11c%10c24)C531)C61C9%12C1(P(=O)(O)O)P(=O)(O)O. The second-order valence-electron chi connectivity index (χ2n) is 27.5. The highest BCUT2D eigenvalue weighted by Gasteiger charge is 3.09. The molecule has 12 nitrogen and oxygen atoms in total. The van der Waals surface area contributed by atoms with E-state index < -0.39 is 61.8 Å². The molecule has 2 unspecified atom stereocenters. The first-order valence-electron chi connectivity index (χ1n) is 26.7. The molecule has 24 aromatic carbocycles. The number of rotatable bonds is 4. The van der Waals surface area contributed by atoms with Gasteiger partial charge in [-0.1, -0.05) is 0 Å². The maximum Gasteiger partial charge on any atom is 0.346 e. The van der Waals surface area contributed by atoms with Gasteiger partial charge in [0.2, 0.25) is 9.79 Å². The Balaban J connectivity index is 1.16. The van der Waals surface area contributed by atoms with Gasteiger partial charge in [0.25, 0.3) is 0 Å². The van der Waals surface area contributed by atoms with Gasteiger partial charge in [-0.2, -0.15) is 0 Å². The van der Waals surface area contributed by atoms with Crippen molar-refractivity contribution in [1.82, 2.24) is 0 Å². The lowest BCUT2D eigenvalue weighted by Gasteiger charge is -2.34. The molecule has 0 aliphatic heterocycles. The quantitative estimate of drug-likeness (QED) is 0.0608. The molecular formula is C62H8O12P4. The van der Waals surface area contributed by atoms with Crippen LogP contribution in [-0.2, 0) is 39.9 Å². The van der Waals surface area contributed by atoms with Crippen molar-refractivity contribution in [3.05, 3.63) is 44.5 Å². The molecule has 0 heterocycles. The summed E-state index contributed by atoms with van der Waals surface area (Å²) in [6, 6.07) is 0. The Labute approximate surface area is 420 Å². The minimum atomic E-state index is -6.07. The topological polar surface area (TPSA) is 230 Å². The van der Waals surface area contributed by atoms with Gasteiger partial charge in [-0.3, -0.25) is 18.3 Å². The highest BCUT2D eigenvalue weighted by atomic mass is 31.2. The first kappa shape index (κ1) is 33.0. The molecule has 0 aromatic heterocycles. The largest absolute Gasteiger partial charge is 0.346 e. The monoisotopic (exact) mass is 1070 g/mol. The summed E-state index contributed by atoms with van der Waals surface area (Å²) in [5, 5.41) is 45.6. The van der Waals surface area contributed by atoms with Crippen molar-refractivity contribution in [3.8, 4) is 11.1 Å². The molecule has 78 heavy (non-hydrogen) atoms. The molecule has 0 saturated heterocycles. The molecule has 0 bridgehead atoms. The average molecular weight is 1070 g/mol. The van der Waals surface area contributed by atoms with Crippen LogP contribution in [0, 0.1) is 0 Å². The fraction of sp³-hybridized carbons (Fsp3) is 0.0968. The Morgan fingerprint density at radius 1 is 0.167 bits per heavy atom. The molecule has 2 atom stereocenters. The van der Waals surface area contributed by atoms with Crippen molar-refractivity contribution in [2.75, 3.05) is 0 Å². The molecule has 348 valence electrons. The smallest absolute Gasteiger partial charge is 0.324 e. The van der Waals surface area contributed by atoms with Crippen LogP contribution in [-0.4, -0.2) is 48.9 Å². The average Bonchev–Trinajstić information content (AvgIpc) is 1.35. The Kier molecular flexibility index (Phi) is 2.92. The summed E-state index contributed by atoms with van der Waals surface area (Å²) >= 11 is 0. The van der Waals surface area contributed by atoms with E-state index in [9.17, 15) is 39.1 Å². The Morgan fingerprint density at radius 3 is 0.423 bits per heavy atom. The first-order chi connectivity index (χ1) is 37.5. The zero-order chi connectivity index (χ0) is 49.3. The lowest BCUT2D eigenvalue weighted by Crippen LogP contribution is -2.28. The highest BCUT2D eigenvalue weighted by Crippen LogP contribution is 3.10. The fourth-order valence-electron chi connectivity index (χ4n) is 28.5. The van der Waals surface area contributed by atoms with Gasteiger partial charge < -0.3 is 39.1 Å². The summed E-state index contributed by atoms with van der Waals surface area (Å²) in [4.78, 5) is 98.0. The third-order valence-electron chi connectivity index (χ3n) is 27.8. The minimum absolute atomic E-state index is 0.387. The van der Waals surface area contributed by atoms with Crippen LogP contribution in [0.3, 0.4) is 0 Å². The van der Waals surface area contributed by atoms with Crippen LogP contribution >= 0.6 is 30.4 Å². The van der Waals surface area contributed by atoms with E-state index in [1.54, 1.807) is 0 Å². The van der Waals surface area contributed by atoms with Gasteiger partial charge in [-0.25, -0.2) is 0 Å². The maximum atomic E-state index is 16.1. The third-order valence-corrected chi connectivity index (χ3v) is 37.0. The van der Waals surface area contributed by atoms with Crippen LogP contribution in [0.2, 0.25) is 0 Å². The van der Waals surface area contributed by atoms with Gasteiger partial charge in [0.05, 0.1) is 21.7 Å². The highest BCUT2D eigenvalue weighted by molar-refractivity contribution is 7.74. The molecule has 0 radical (unpaired) electrons. The van der Waals surface area contributed by atoms with E-state index in [0.29, 0.717) is 77.2 Å². The maximum absolute atomic E-state index is 16.1. The van der Waals surface area contributed by atoms with Gasteiger partial charge in [0, 0.05) is 0 Å². The molecule has 34 rings (SSSR count). The summed E-state index contributed by atoms with van der Waals surface area (Å²) in [5.74, 6) is 0. The van der Waals surface area contributed by atoms with Crippen molar-refractivity contribution in [3.63, 3.8) is 0 Å². The minimum Gasteiger partial charge on any atom is -0.324 e. The van der Waals surface area contributed by atoms with E-state index in [0.717, 1.165) is 178 Å². The summed E-state index contributed by atoms with van der Waals surface area (Å²) in [7, 11) is -24.3. The van der Waals surface area contributed by atoms with Crippen LogP contribution in [0.1, 0.15) is 44.5 Å². The van der Waals surface area contributed by atoms with Gasteiger partial charge in [0.15, 0.2) is 0 Å². The lowest BCUT2D eigenvalue weighted by molar-refractivity contribution is 0.323. The molecule has 10 aliphatic rings. The van der Waals surface area contributed by atoms with E-state index in [1.165, 1.54) is 48.5 Å². The Hall–Kier alpha value is -6.68. The van der Waals surface area contributed by atoms with E-state index in [1.807, 2.05) is 0 Å². The zero-order valence-electron chi connectivity index (χ0n) is 38.0. The van der Waals surface area contributed by atoms with Crippen LogP contribution in [0.15, 0.2) is 0 Å². The molecule has 10 aliphatic carbocycles. The molecule has 2 saturated carbocycles. The van der Waals surface area contributed by atoms with Gasteiger partial charge in [-0.05, 0) is 303 Å². The molecular weight excluding hydrogens is 1060 g/mol. The van der Waals surface area contributed by atoms with E-state index in [4.69, 9.17) is 0 Å². The predicted molar refractivity (Wildman–Crippen MR) is 300 cm³/mol. The van der Waals surface area contributed by atoms with Gasteiger partial charge in [-0.15, -0.1) is 0 Å². The Morgan fingerprint density at radius 2 is 0.269 bits per heavy atom. The van der Waals surface area contributed by atoms with E-state index in [-0.39, 0.29) is 0 Å². The fourth-order valence-corrected chi connectivity index (χ4v) is 37.7. The van der Waals surface area contributed by atoms with Crippen molar-refractivity contribution in [1.29, 1.82) is 0 Å². The normalized spacial score (nSPS) is 28.1. The lowest BCUT2D eigenvalue weighted by atomic mass is 9.66. The summed E-state index contributed by atoms with van der Waals surface area (Å²) in [5.41, 5.74) is -3.60. The number of hydrogen-bond donors (Lipinski definition) is 8. The summed E-state index contributed by atoms with van der Waals surface area (Å²) in [6.45, 7) is 0. The van der Waals surface area contributed by atoms with Gasteiger partial charge in [0.1, 0.15) is 0 Å². The summed E-state index contributed by atoms with van der Waals surface area (Å²) in [6.07, 6.45) is 0. The van der Waals surface area contributed by atoms with Crippen molar-refractivity contribution >= 4 is 278 Å². The van der Waals surface area contributed by atoms with Gasteiger partial charge >= 0.3 is 30.4 Å². The molecule has 0 amide bonds. The first-order valence-corrected chi connectivity index (χ1v) is 33.2. The van der Waals surface area contributed by atoms with Crippen molar-refractivity contribution in [2.24, 2.45) is 0 Å². The molecule has 8 N–H and O–H groups in total. The molecule has 16 heteroatoms. The van der Waals surface area contributed by atoms with E-state index in [2.05, 4.69) is 0 Å². The number of benzene rings is 16. The van der Waals surface area contributed by atoms with Crippen LogP contribution in [0.4, 0.5) is 0 Å². The van der Waals surface area contributed by atoms with Crippen LogP contribution in [0.25, 0.3) is 259 Å².